The molecule has 0 aliphatic carbocycles. The fourth-order valence-corrected chi connectivity index (χ4v) is 3.69. The molecule has 3 heterocycles. The lowest BCUT2D eigenvalue weighted by molar-refractivity contribution is 0.101. The van der Waals surface area contributed by atoms with E-state index in [1.54, 1.807) is 6.07 Å². The molecule has 0 saturated heterocycles. The quantitative estimate of drug-likeness (QED) is 0.490. The van der Waals surface area contributed by atoms with Crippen LogP contribution in [0, 0.1) is 13.8 Å². The molecular formula is C20H17ClN4O2S. The van der Waals surface area contributed by atoms with Crippen LogP contribution in [-0.4, -0.2) is 20.8 Å². The Morgan fingerprint density at radius 3 is 2.75 bits per heavy atom. The van der Waals surface area contributed by atoms with Crippen molar-refractivity contribution in [3.05, 3.63) is 75.5 Å². The Balaban J connectivity index is 1.52. The Bertz CT molecular complexity index is 1110. The van der Waals surface area contributed by atoms with E-state index in [4.69, 9.17) is 16.1 Å². The average molecular weight is 413 g/mol. The van der Waals surface area contributed by atoms with Crippen molar-refractivity contribution in [2.75, 3.05) is 5.32 Å². The molecule has 0 radical (unpaired) electrons. The summed E-state index contributed by atoms with van der Waals surface area (Å²) in [6.07, 6.45) is 0. The van der Waals surface area contributed by atoms with Gasteiger partial charge >= 0.3 is 0 Å². The normalized spacial score (nSPS) is 11.0. The van der Waals surface area contributed by atoms with Gasteiger partial charge in [-0.05, 0) is 43.0 Å². The molecule has 0 fully saturated rings. The number of halogens is 1. The highest BCUT2D eigenvalue weighted by atomic mass is 35.5. The number of carbonyl (C=O) groups excluding carboxylic acids is 1. The minimum Gasteiger partial charge on any atom is -0.355 e. The van der Waals surface area contributed by atoms with E-state index in [9.17, 15) is 4.79 Å². The molecule has 4 aromatic rings. The summed E-state index contributed by atoms with van der Waals surface area (Å²) in [5, 5.41) is 14.0. The number of rotatable bonds is 5. The SMILES string of the molecule is Cc1nn(Cc2ccc(Cl)cc2)c(C)c1NC(=O)c1cc(-c2cccs2)on1. The molecule has 0 aliphatic heterocycles. The van der Waals surface area contributed by atoms with Crippen LogP contribution in [0.25, 0.3) is 10.6 Å². The summed E-state index contributed by atoms with van der Waals surface area (Å²) in [6.45, 7) is 4.37. The first-order chi connectivity index (χ1) is 13.5. The summed E-state index contributed by atoms with van der Waals surface area (Å²) in [7, 11) is 0. The molecule has 0 atom stereocenters. The number of aromatic nitrogens is 3. The zero-order valence-electron chi connectivity index (χ0n) is 15.3. The van der Waals surface area contributed by atoms with Crippen molar-refractivity contribution in [3.63, 3.8) is 0 Å². The number of nitrogens with zero attached hydrogens (tertiary/aromatic N) is 3. The lowest BCUT2D eigenvalue weighted by Gasteiger charge is -2.06. The van der Waals surface area contributed by atoms with Crippen molar-refractivity contribution < 1.29 is 9.32 Å². The van der Waals surface area contributed by atoms with Crippen molar-refractivity contribution >= 4 is 34.5 Å². The number of amides is 1. The molecular weight excluding hydrogens is 396 g/mol. The molecule has 3 aromatic heterocycles. The Hall–Kier alpha value is -2.90. The van der Waals surface area contributed by atoms with Gasteiger partial charge in [0.05, 0.1) is 28.5 Å². The number of nitrogens with one attached hydrogen (secondary N) is 1. The van der Waals surface area contributed by atoms with Gasteiger partial charge in [0, 0.05) is 11.1 Å². The number of benzene rings is 1. The van der Waals surface area contributed by atoms with Gasteiger partial charge in [0.1, 0.15) is 0 Å². The first kappa shape index (κ1) is 18.5. The third kappa shape index (κ3) is 3.72. The number of anilines is 1. The van der Waals surface area contributed by atoms with Gasteiger partial charge in [-0.15, -0.1) is 11.3 Å². The van der Waals surface area contributed by atoms with Gasteiger partial charge in [-0.1, -0.05) is 35.0 Å². The maximum absolute atomic E-state index is 12.6. The highest BCUT2D eigenvalue weighted by Crippen LogP contribution is 2.26. The summed E-state index contributed by atoms with van der Waals surface area (Å²) in [6, 6.07) is 13.1. The van der Waals surface area contributed by atoms with E-state index in [0.717, 1.165) is 21.8 Å². The van der Waals surface area contributed by atoms with Crippen LogP contribution in [0.3, 0.4) is 0 Å². The third-order valence-corrected chi connectivity index (χ3v) is 5.51. The van der Waals surface area contributed by atoms with E-state index >= 15 is 0 Å². The van der Waals surface area contributed by atoms with E-state index in [-0.39, 0.29) is 11.6 Å². The summed E-state index contributed by atoms with van der Waals surface area (Å²) in [4.78, 5) is 13.6. The fraction of sp³-hybridized carbons (Fsp3) is 0.150. The number of thiophene rings is 1. The lowest BCUT2D eigenvalue weighted by atomic mass is 10.2. The van der Waals surface area contributed by atoms with E-state index in [0.29, 0.717) is 23.0 Å². The predicted octanol–water partition coefficient (Wildman–Crippen LogP) is 5.17. The van der Waals surface area contributed by atoms with Crippen LogP contribution in [0.15, 0.2) is 52.4 Å². The summed E-state index contributed by atoms with van der Waals surface area (Å²) in [5.74, 6) is 0.246. The van der Waals surface area contributed by atoms with Gasteiger partial charge in [-0.3, -0.25) is 9.48 Å². The molecule has 0 spiro atoms. The standard InChI is InChI=1S/C20H17ClN4O2S/c1-12-19(13(2)25(23-12)11-14-5-7-15(21)8-6-14)22-20(26)16-10-17(27-24-16)18-4-3-9-28-18/h3-10H,11H2,1-2H3,(H,22,26). The van der Waals surface area contributed by atoms with Crippen molar-refractivity contribution in [1.82, 2.24) is 14.9 Å². The van der Waals surface area contributed by atoms with Crippen LogP contribution in [0.5, 0.6) is 0 Å². The number of hydrogen-bond donors (Lipinski definition) is 1. The molecule has 0 bridgehead atoms. The topological polar surface area (TPSA) is 73.0 Å². The van der Waals surface area contributed by atoms with Gasteiger partial charge in [-0.2, -0.15) is 5.10 Å². The maximum atomic E-state index is 12.6. The molecule has 0 aliphatic rings. The highest BCUT2D eigenvalue weighted by molar-refractivity contribution is 7.13. The number of carbonyl (C=O) groups is 1. The molecule has 142 valence electrons. The number of aryl methyl sites for hydroxylation is 1. The summed E-state index contributed by atoms with van der Waals surface area (Å²) in [5.41, 5.74) is 3.59. The fourth-order valence-electron chi connectivity index (χ4n) is 2.89. The molecule has 1 amide bonds. The Morgan fingerprint density at radius 2 is 2.04 bits per heavy atom. The van der Waals surface area contributed by atoms with Gasteiger partial charge in [0.25, 0.3) is 5.91 Å². The second kappa shape index (κ2) is 7.61. The summed E-state index contributed by atoms with van der Waals surface area (Å²) >= 11 is 7.47. The third-order valence-electron chi connectivity index (χ3n) is 4.37. The second-order valence-corrected chi connectivity index (χ2v) is 7.72. The van der Waals surface area contributed by atoms with E-state index in [1.165, 1.54) is 11.3 Å². The van der Waals surface area contributed by atoms with Crippen molar-refractivity contribution in [1.29, 1.82) is 0 Å². The predicted molar refractivity (Wildman–Crippen MR) is 110 cm³/mol. The Kier molecular flexibility index (Phi) is 5.02. The van der Waals surface area contributed by atoms with Crippen LogP contribution in [0.2, 0.25) is 5.02 Å². The smallest absolute Gasteiger partial charge is 0.277 e. The Morgan fingerprint density at radius 1 is 1.25 bits per heavy atom. The lowest BCUT2D eigenvalue weighted by Crippen LogP contribution is -2.13. The highest BCUT2D eigenvalue weighted by Gasteiger charge is 2.19. The van der Waals surface area contributed by atoms with Crippen LogP contribution in [0.1, 0.15) is 27.4 Å². The van der Waals surface area contributed by atoms with Crippen molar-refractivity contribution in [2.24, 2.45) is 0 Å². The molecule has 28 heavy (non-hydrogen) atoms. The molecule has 4 rings (SSSR count). The zero-order valence-corrected chi connectivity index (χ0v) is 16.8. The monoisotopic (exact) mass is 412 g/mol. The van der Waals surface area contributed by atoms with Crippen LogP contribution >= 0.6 is 22.9 Å². The maximum Gasteiger partial charge on any atom is 0.277 e. The largest absolute Gasteiger partial charge is 0.355 e. The zero-order chi connectivity index (χ0) is 19.7. The molecule has 6 nitrogen and oxygen atoms in total. The average Bonchev–Trinajstić information content (AvgIpc) is 3.41. The Labute approximate surface area is 170 Å². The van der Waals surface area contributed by atoms with Gasteiger partial charge in [0.15, 0.2) is 11.5 Å². The van der Waals surface area contributed by atoms with Crippen molar-refractivity contribution in [3.8, 4) is 10.6 Å². The van der Waals surface area contributed by atoms with Crippen LogP contribution in [0.4, 0.5) is 5.69 Å². The molecule has 8 heteroatoms. The minimum absolute atomic E-state index is 0.229. The molecule has 1 N–H and O–H groups in total. The number of hydrogen-bond acceptors (Lipinski definition) is 5. The first-order valence-electron chi connectivity index (χ1n) is 8.61. The first-order valence-corrected chi connectivity index (χ1v) is 9.87. The van der Waals surface area contributed by atoms with Crippen LogP contribution in [-0.2, 0) is 6.54 Å². The van der Waals surface area contributed by atoms with E-state index in [1.807, 2.05) is 60.3 Å². The van der Waals surface area contributed by atoms with Gasteiger partial charge in [0.2, 0.25) is 0 Å². The molecule has 0 unspecified atom stereocenters. The van der Waals surface area contributed by atoms with E-state index < -0.39 is 0 Å². The second-order valence-electron chi connectivity index (χ2n) is 6.34. The van der Waals surface area contributed by atoms with Crippen molar-refractivity contribution in [2.45, 2.75) is 20.4 Å². The van der Waals surface area contributed by atoms with Gasteiger partial charge < -0.3 is 9.84 Å². The summed E-state index contributed by atoms with van der Waals surface area (Å²) < 4.78 is 7.15. The van der Waals surface area contributed by atoms with Gasteiger partial charge in [-0.25, -0.2) is 0 Å². The van der Waals surface area contributed by atoms with E-state index in [2.05, 4.69) is 15.6 Å². The minimum atomic E-state index is -0.330. The van der Waals surface area contributed by atoms with Crippen LogP contribution < -0.4 is 5.32 Å². The molecule has 1 aromatic carbocycles. The molecule has 0 saturated carbocycles.